The average molecular weight is 314 g/mol. The van der Waals surface area contributed by atoms with Crippen molar-refractivity contribution in [2.24, 2.45) is 0 Å². The lowest BCUT2D eigenvalue weighted by atomic mass is 10.2. The number of hydrogen-bond acceptors (Lipinski definition) is 6. The molecule has 0 fully saturated rings. The van der Waals surface area contributed by atoms with Crippen LogP contribution >= 0.6 is 34.5 Å². The number of nitrogens with zero attached hydrogens (tertiary/aromatic N) is 1. The average Bonchev–Trinajstić information content (AvgIpc) is 2.69. The molecule has 17 heavy (non-hydrogen) atoms. The molecular weight excluding hydrogens is 309 g/mol. The number of benzene rings is 1. The second-order valence-electron chi connectivity index (χ2n) is 2.60. The molecule has 9 heteroatoms. The van der Waals surface area contributed by atoms with Crippen LogP contribution in [0.5, 0.6) is 0 Å². The molecule has 0 saturated heterocycles. The Labute approximate surface area is 112 Å². The third-order valence-electron chi connectivity index (χ3n) is 1.43. The van der Waals surface area contributed by atoms with Crippen molar-refractivity contribution in [3.8, 4) is 10.6 Å². The highest BCUT2D eigenvalue weighted by atomic mass is 35.7. The Bertz CT molecular complexity index is 438. The van der Waals surface area contributed by atoms with E-state index >= 15 is 0 Å². The van der Waals surface area contributed by atoms with Crippen LogP contribution in [0.25, 0.3) is 10.6 Å². The molecular formula is C8H5Cl2NO4S2. The lowest BCUT2D eigenvalue weighted by molar-refractivity contribution is -2.00. The van der Waals surface area contributed by atoms with Crippen LogP contribution in [0.2, 0.25) is 5.02 Å². The smallest absolute Gasteiger partial charge is 0.222 e. The molecule has 2 rings (SSSR count). The Kier molecular flexibility index (Phi) is 5.63. The van der Waals surface area contributed by atoms with Gasteiger partial charge in [0.15, 0.2) is 0 Å². The highest BCUT2D eigenvalue weighted by Crippen LogP contribution is 2.24. The summed E-state index contributed by atoms with van der Waals surface area (Å²) in [6.45, 7) is 0. The van der Waals surface area contributed by atoms with Gasteiger partial charge in [-0.25, -0.2) is 18.6 Å². The molecule has 0 atom stereocenters. The van der Waals surface area contributed by atoms with Crippen LogP contribution in [0.4, 0.5) is 0 Å². The lowest BCUT2D eigenvalue weighted by Crippen LogP contribution is -2.68. The zero-order valence-electron chi connectivity index (χ0n) is 8.04. The fourth-order valence-electron chi connectivity index (χ4n) is 0.871. The van der Waals surface area contributed by atoms with Crippen molar-refractivity contribution in [1.29, 1.82) is 0 Å². The van der Waals surface area contributed by atoms with E-state index in [2.05, 4.69) is 4.37 Å². The van der Waals surface area contributed by atoms with Gasteiger partial charge in [-0.3, -0.25) is 0 Å². The van der Waals surface area contributed by atoms with Gasteiger partial charge in [0.1, 0.15) is 11.3 Å². The molecule has 0 aliphatic rings. The Morgan fingerprint density at radius 3 is 2.06 bits per heavy atom. The van der Waals surface area contributed by atoms with E-state index in [0.29, 0.717) is 0 Å². The summed E-state index contributed by atoms with van der Waals surface area (Å²) in [7, 11) is -4.94. The van der Waals surface area contributed by atoms with Crippen molar-refractivity contribution in [2.45, 2.75) is 0 Å². The van der Waals surface area contributed by atoms with Crippen LogP contribution in [0.1, 0.15) is 0 Å². The molecule has 0 aliphatic heterocycles. The van der Waals surface area contributed by atoms with Crippen molar-refractivity contribution < 1.29 is 28.9 Å². The summed E-state index contributed by atoms with van der Waals surface area (Å²) in [4.78, 5) is 0. The Hall–Kier alpha value is -0.380. The van der Waals surface area contributed by atoms with E-state index in [1.165, 1.54) is 11.5 Å². The molecule has 0 bridgehead atoms. The molecule has 2 aromatic rings. The van der Waals surface area contributed by atoms with Crippen LogP contribution in [0.3, 0.4) is 0 Å². The third-order valence-corrected chi connectivity index (χ3v) is 3.36. The maximum atomic E-state index is 8.49. The molecule has 0 N–H and O–H groups in total. The first kappa shape index (κ1) is 14.7. The van der Waals surface area contributed by atoms with Crippen LogP contribution in [0.15, 0.2) is 29.0 Å². The van der Waals surface area contributed by atoms with Gasteiger partial charge >= 0.3 is 0 Å². The zero-order valence-corrected chi connectivity index (χ0v) is 11.2. The molecule has 0 radical (unpaired) electrons. The van der Waals surface area contributed by atoms with Gasteiger partial charge < -0.3 is 0 Å². The van der Waals surface area contributed by atoms with Crippen molar-refractivity contribution in [1.82, 2.24) is 4.37 Å². The fourth-order valence-corrected chi connectivity index (χ4v) is 2.48. The van der Waals surface area contributed by atoms with Gasteiger partial charge in [-0.15, -0.1) is 10.2 Å². The van der Waals surface area contributed by atoms with E-state index in [9.17, 15) is 0 Å². The molecule has 0 spiro atoms. The Morgan fingerprint density at radius 2 is 1.65 bits per heavy atom. The van der Waals surface area contributed by atoms with Crippen molar-refractivity contribution in [2.75, 3.05) is 0 Å². The minimum atomic E-state index is -4.94. The molecule has 1 aromatic carbocycles. The second-order valence-corrected chi connectivity index (χ2v) is 5.58. The SMILES string of the molecule is Clc1ccc(-c2nsc[s+]2)cc1.[O-][Cl+3]([O-])([O-])[O-]. The van der Waals surface area contributed by atoms with Crippen molar-refractivity contribution in [3.63, 3.8) is 0 Å². The minimum absolute atomic E-state index is 0.763. The largest absolute Gasteiger partial charge is 0.268 e. The van der Waals surface area contributed by atoms with E-state index in [4.69, 9.17) is 30.2 Å². The van der Waals surface area contributed by atoms with E-state index < -0.39 is 10.2 Å². The Balaban J connectivity index is 0.000000249. The van der Waals surface area contributed by atoms with E-state index in [0.717, 1.165) is 15.6 Å². The monoisotopic (exact) mass is 313 g/mol. The number of hydrogen-bond donors (Lipinski definition) is 0. The first-order valence-corrected chi connectivity index (χ1v) is 7.29. The number of aromatic nitrogens is 1. The fraction of sp³-hybridized carbons (Fsp3) is 0. The van der Waals surface area contributed by atoms with Gasteiger partial charge in [-0.1, -0.05) is 11.6 Å². The number of halogens is 2. The summed E-state index contributed by atoms with van der Waals surface area (Å²) in [6.07, 6.45) is 0. The van der Waals surface area contributed by atoms with Gasteiger partial charge in [-0.05, 0) is 28.6 Å². The van der Waals surface area contributed by atoms with Crippen LogP contribution in [-0.2, 0) is 0 Å². The molecule has 1 aromatic heterocycles. The molecule has 5 nitrogen and oxygen atoms in total. The van der Waals surface area contributed by atoms with Crippen LogP contribution in [0, 0.1) is 10.2 Å². The normalized spacial score (nSPS) is 10.6. The van der Waals surface area contributed by atoms with Gasteiger partial charge in [-0.2, -0.15) is 0 Å². The number of rotatable bonds is 1. The standard InChI is InChI=1S/C8H5ClNS2.ClHO4/c9-7-3-1-6(2-4-7)8-10-12-5-11-8;2-1(3,4)5/h1-5H;(H,2,3,4,5)/q+1;/p-1. The summed E-state index contributed by atoms with van der Waals surface area (Å²) in [6, 6.07) is 7.72. The highest BCUT2D eigenvalue weighted by Gasteiger charge is 2.07. The van der Waals surface area contributed by atoms with E-state index in [-0.39, 0.29) is 0 Å². The predicted octanol–water partition coefficient (Wildman–Crippen LogP) is -0.950. The van der Waals surface area contributed by atoms with Crippen LogP contribution < -0.4 is 18.6 Å². The van der Waals surface area contributed by atoms with E-state index in [1.54, 1.807) is 11.3 Å². The quantitative estimate of drug-likeness (QED) is 0.631. The first-order chi connectivity index (χ1) is 7.86. The summed E-state index contributed by atoms with van der Waals surface area (Å²) in [5.74, 6) is 0. The molecule has 0 unspecified atom stereocenters. The van der Waals surface area contributed by atoms with Gasteiger partial charge in [0.05, 0.1) is 0 Å². The summed E-state index contributed by atoms with van der Waals surface area (Å²) in [5.41, 5.74) is 1.13. The zero-order chi connectivity index (χ0) is 12.9. The van der Waals surface area contributed by atoms with Gasteiger partial charge in [0.2, 0.25) is 11.5 Å². The summed E-state index contributed by atoms with van der Waals surface area (Å²) >= 11 is 8.88. The Morgan fingerprint density at radius 1 is 1.12 bits per heavy atom. The van der Waals surface area contributed by atoms with Gasteiger partial charge in [0, 0.05) is 10.6 Å². The topological polar surface area (TPSA) is 105 Å². The van der Waals surface area contributed by atoms with Gasteiger partial charge in [0.25, 0.3) is 9.70 Å². The molecule has 0 amide bonds. The van der Waals surface area contributed by atoms with Crippen molar-refractivity contribution >= 4 is 34.5 Å². The van der Waals surface area contributed by atoms with Crippen LogP contribution in [-0.4, -0.2) is 4.37 Å². The first-order valence-electron chi connectivity index (χ1n) is 3.96. The maximum absolute atomic E-state index is 8.49. The third kappa shape index (κ3) is 6.81. The maximum Gasteiger partial charge on any atom is 0.268 e. The summed E-state index contributed by atoms with van der Waals surface area (Å²) in [5, 5.41) is 1.82. The molecule has 0 saturated carbocycles. The lowest BCUT2D eigenvalue weighted by Gasteiger charge is -2.17. The molecule has 92 valence electrons. The second kappa shape index (κ2) is 6.53. The predicted molar refractivity (Wildman–Crippen MR) is 54.8 cm³/mol. The highest BCUT2D eigenvalue weighted by molar-refractivity contribution is 7.26. The minimum Gasteiger partial charge on any atom is -0.222 e. The molecule has 0 aliphatic carbocycles. The molecule has 1 heterocycles. The van der Waals surface area contributed by atoms with E-state index in [1.807, 2.05) is 29.0 Å². The summed E-state index contributed by atoms with van der Waals surface area (Å²) < 4.78 is 40.2. The van der Waals surface area contributed by atoms with Crippen molar-refractivity contribution in [3.05, 3.63) is 34.0 Å².